The van der Waals surface area contributed by atoms with Crippen LogP contribution in [0.1, 0.15) is 22.2 Å². The summed E-state index contributed by atoms with van der Waals surface area (Å²) in [6.07, 6.45) is -0.351. The Morgan fingerprint density at radius 1 is 1.69 bits per heavy atom. The molecule has 2 heterocycles. The Hall–Kier alpha value is -1.58. The summed E-state index contributed by atoms with van der Waals surface area (Å²) in [5.74, 6) is -0.133. The Kier molecular flexibility index (Phi) is 2.58. The number of carbonyl (C=O) groups is 1. The Morgan fingerprint density at radius 2 is 2.31 bits per heavy atom. The first-order chi connectivity index (χ1) is 7.54. The highest BCUT2D eigenvalue weighted by Crippen LogP contribution is 2.39. The molecule has 1 aliphatic rings. The van der Waals surface area contributed by atoms with E-state index < -0.39 is 0 Å². The lowest BCUT2D eigenvalue weighted by Gasteiger charge is -2.36. The Labute approximate surface area is 96.7 Å². The van der Waals surface area contributed by atoms with Gasteiger partial charge in [0.05, 0.1) is 16.7 Å². The van der Waals surface area contributed by atoms with E-state index in [9.17, 15) is 9.90 Å². The molecule has 5 nitrogen and oxygen atoms in total. The second kappa shape index (κ2) is 3.77. The number of β-amino-alcohol motifs (C(OH)–C–C–N with tert-alkyl or cyclic N) is 1. The molecule has 1 saturated heterocycles. The van der Waals surface area contributed by atoms with E-state index in [2.05, 4.69) is 0 Å². The number of rotatable bonds is 2. The van der Waals surface area contributed by atoms with E-state index >= 15 is 0 Å². The molecule has 0 aliphatic carbocycles. The summed E-state index contributed by atoms with van der Waals surface area (Å²) >= 11 is 1.22. The number of Topliss-reactive ketones (excluding diaryl/α,β-unsaturated/α-hetero) is 1. The lowest BCUT2D eigenvalue weighted by atomic mass is 10.1. The van der Waals surface area contributed by atoms with E-state index in [0.29, 0.717) is 28.5 Å². The van der Waals surface area contributed by atoms with E-state index in [1.807, 2.05) is 11.0 Å². The van der Waals surface area contributed by atoms with Crippen LogP contribution in [0.4, 0.5) is 10.7 Å². The highest BCUT2D eigenvalue weighted by atomic mass is 32.1. The SMILES string of the molecule is CC(=O)c1sc(N2CC(O)C2)c(C#N)c1N. The number of carbonyl (C=O) groups excluding carboxylic acids is 1. The van der Waals surface area contributed by atoms with Crippen molar-refractivity contribution in [2.24, 2.45) is 0 Å². The van der Waals surface area contributed by atoms with Crippen molar-refractivity contribution in [3.63, 3.8) is 0 Å². The first-order valence-electron chi connectivity index (χ1n) is 4.81. The van der Waals surface area contributed by atoms with Crippen molar-refractivity contribution >= 4 is 27.8 Å². The molecule has 84 valence electrons. The molecule has 0 aromatic carbocycles. The van der Waals surface area contributed by atoms with Gasteiger partial charge in [-0.15, -0.1) is 11.3 Å². The zero-order valence-electron chi connectivity index (χ0n) is 8.73. The van der Waals surface area contributed by atoms with E-state index in [-0.39, 0.29) is 17.6 Å². The molecule has 0 bridgehead atoms. The molecule has 0 unspecified atom stereocenters. The second-order valence-corrected chi connectivity index (χ2v) is 4.75. The summed E-state index contributed by atoms with van der Waals surface area (Å²) in [6, 6.07) is 2.01. The first-order valence-corrected chi connectivity index (χ1v) is 5.62. The lowest BCUT2D eigenvalue weighted by Crippen LogP contribution is -2.50. The maximum Gasteiger partial charge on any atom is 0.171 e. The van der Waals surface area contributed by atoms with Crippen LogP contribution in [0.3, 0.4) is 0 Å². The van der Waals surface area contributed by atoms with Gasteiger partial charge in [0, 0.05) is 20.0 Å². The van der Waals surface area contributed by atoms with E-state index in [1.54, 1.807) is 0 Å². The molecule has 0 saturated carbocycles. The monoisotopic (exact) mass is 237 g/mol. The average molecular weight is 237 g/mol. The minimum atomic E-state index is -0.351. The van der Waals surface area contributed by atoms with Gasteiger partial charge in [-0.05, 0) is 0 Å². The first kappa shape index (κ1) is 10.9. The van der Waals surface area contributed by atoms with Gasteiger partial charge in [-0.1, -0.05) is 0 Å². The largest absolute Gasteiger partial charge is 0.396 e. The van der Waals surface area contributed by atoms with Crippen molar-refractivity contribution in [2.75, 3.05) is 23.7 Å². The molecule has 6 heteroatoms. The summed E-state index contributed by atoms with van der Waals surface area (Å²) in [4.78, 5) is 13.6. The van der Waals surface area contributed by atoms with Gasteiger partial charge in [0.1, 0.15) is 16.6 Å². The molecule has 1 aromatic heterocycles. The molecule has 16 heavy (non-hydrogen) atoms. The van der Waals surface area contributed by atoms with Gasteiger partial charge in [-0.2, -0.15) is 5.26 Å². The van der Waals surface area contributed by atoms with Crippen molar-refractivity contribution in [1.82, 2.24) is 0 Å². The number of aliphatic hydroxyl groups is 1. The third-order valence-electron chi connectivity index (χ3n) is 2.51. The predicted molar refractivity (Wildman–Crippen MR) is 61.7 cm³/mol. The number of nitrogens with two attached hydrogens (primary N) is 1. The Morgan fingerprint density at radius 3 is 2.75 bits per heavy atom. The van der Waals surface area contributed by atoms with Gasteiger partial charge in [0.2, 0.25) is 0 Å². The number of nitrogen functional groups attached to an aromatic ring is 1. The molecule has 1 aliphatic heterocycles. The number of hydrogen-bond acceptors (Lipinski definition) is 6. The van der Waals surface area contributed by atoms with Crippen LogP contribution in [0.5, 0.6) is 0 Å². The van der Waals surface area contributed by atoms with Gasteiger partial charge in [-0.25, -0.2) is 0 Å². The molecular formula is C10H11N3O2S. The van der Waals surface area contributed by atoms with Gasteiger partial charge in [0.25, 0.3) is 0 Å². The van der Waals surface area contributed by atoms with Crippen LogP contribution >= 0.6 is 11.3 Å². The predicted octanol–water partition coefficient (Wildman–Crippen LogP) is 0.585. The minimum Gasteiger partial charge on any atom is -0.396 e. The summed E-state index contributed by atoms with van der Waals surface area (Å²) in [7, 11) is 0. The van der Waals surface area contributed by atoms with Crippen molar-refractivity contribution in [3.05, 3.63) is 10.4 Å². The fourth-order valence-electron chi connectivity index (χ4n) is 1.64. The van der Waals surface area contributed by atoms with Crippen molar-refractivity contribution in [1.29, 1.82) is 5.26 Å². The fourth-order valence-corrected chi connectivity index (χ4v) is 2.73. The third-order valence-corrected chi connectivity index (χ3v) is 3.87. The molecule has 1 fully saturated rings. The molecule has 1 aromatic rings. The molecular weight excluding hydrogens is 226 g/mol. The minimum absolute atomic E-state index is 0.133. The fraction of sp³-hybridized carbons (Fsp3) is 0.400. The Balaban J connectivity index is 2.42. The summed E-state index contributed by atoms with van der Waals surface area (Å²) in [5, 5.41) is 18.9. The number of ketones is 1. The molecule has 0 amide bonds. The van der Waals surface area contributed by atoms with Crippen LogP contribution in [0.15, 0.2) is 0 Å². The van der Waals surface area contributed by atoms with E-state index in [1.165, 1.54) is 18.3 Å². The van der Waals surface area contributed by atoms with Crippen molar-refractivity contribution in [3.8, 4) is 6.07 Å². The van der Waals surface area contributed by atoms with Crippen LogP contribution in [-0.2, 0) is 0 Å². The van der Waals surface area contributed by atoms with Crippen LogP contribution in [0.2, 0.25) is 0 Å². The van der Waals surface area contributed by atoms with Crippen LogP contribution in [-0.4, -0.2) is 30.1 Å². The van der Waals surface area contributed by atoms with Crippen LogP contribution in [0.25, 0.3) is 0 Å². The number of nitriles is 1. The molecule has 0 atom stereocenters. The molecule has 0 spiro atoms. The smallest absolute Gasteiger partial charge is 0.171 e. The summed E-state index contributed by atoms with van der Waals surface area (Å²) in [6.45, 7) is 2.41. The number of anilines is 2. The van der Waals surface area contributed by atoms with Gasteiger partial charge >= 0.3 is 0 Å². The van der Waals surface area contributed by atoms with Crippen molar-refractivity contribution in [2.45, 2.75) is 13.0 Å². The number of nitrogens with zero attached hydrogens (tertiary/aromatic N) is 2. The highest BCUT2D eigenvalue weighted by Gasteiger charge is 2.30. The molecule has 3 N–H and O–H groups in total. The number of thiophene rings is 1. The van der Waals surface area contributed by atoms with Gasteiger partial charge in [-0.3, -0.25) is 4.79 Å². The maximum absolute atomic E-state index is 11.3. The summed E-state index contributed by atoms with van der Waals surface area (Å²) in [5.41, 5.74) is 6.35. The second-order valence-electron chi connectivity index (χ2n) is 3.75. The third kappa shape index (κ3) is 1.54. The molecule has 2 rings (SSSR count). The number of aliphatic hydroxyl groups excluding tert-OH is 1. The normalized spacial score (nSPS) is 15.7. The van der Waals surface area contributed by atoms with E-state index in [4.69, 9.17) is 11.0 Å². The maximum atomic E-state index is 11.3. The number of hydrogen-bond donors (Lipinski definition) is 2. The van der Waals surface area contributed by atoms with Gasteiger partial charge in [0.15, 0.2) is 5.78 Å². The molecule has 0 radical (unpaired) electrons. The van der Waals surface area contributed by atoms with E-state index in [0.717, 1.165) is 0 Å². The topological polar surface area (TPSA) is 90.4 Å². The standard InChI is InChI=1S/C10H11N3O2S/c1-5(14)9-8(12)7(2-11)10(16-9)13-3-6(15)4-13/h6,15H,3-4,12H2,1H3. The van der Waals surface area contributed by atoms with Crippen LogP contribution < -0.4 is 10.6 Å². The van der Waals surface area contributed by atoms with Crippen LogP contribution in [0, 0.1) is 11.3 Å². The zero-order valence-corrected chi connectivity index (χ0v) is 9.54. The quantitative estimate of drug-likeness (QED) is 0.734. The van der Waals surface area contributed by atoms with Gasteiger partial charge < -0.3 is 15.7 Å². The van der Waals surface area contributed by atoms with Crippen molar-refractivity contribution < 1.29 is 9.90 Å². The lowest BCUT2D eigenvalue weighted by molar-refractivity contribution is 0.102. The summed E-state index contributed by atoms with van der Waals surface area (Å²) < 4.78 is 0. The Bertz CT molecular complexity index is 483. The zero-order chi connectivity index (χ0) is 11.9. The highest BCUT2D eigenvalue weighted by molar-refractivity contribution is 7.19. The average Bonchev–Trinajstić information content (AvgIpc) is 2.50.